The molecule has 21 heavy (non-hydrogen) atoms. The van der Waals surface area contributed by atoms with E-state index in [2.05, 4.69) is 0 Å². The molecule has 4 heteroatoms. The summed E-state index contributed by atoms with van der Waals surface area (Å²) in [6.07, 6.45) is 1.74. The maximum atomic E-state index is 12.3. The van der Waals surface area contributed by atoms with Gasteiger partial charge in [-0.15, -0.1) is 0 Å². The van der Waals surface area contributed by atoms with Gasteiger partial charge < -0.3 is 9.32 Å². The standard InChI is InChI=1S/C17H17NO3/c1-12(13-6-3-2-4-7-13)18-11-14(10-16(18)19)17(20)15-8-5-9-21-15/h2-9,12,14H,10-11H2,1H3/t12-,14?/m1/s1. The van der Waals surface area contributed by atoms with E-state index in [1.165, 1.54) is 6.26 Å². The van der Waals surface area contributed by atoms with E-state index in [4.69, 9.17) is 4.42 Å². The van der Waals surface area contributed by atoms with Gasteiger partial charge in [0.15, 0.2) is 5.76 Å². The quantitative estimate of drug-likeness (QED) is 0.810. The van der Waals surface area contributed by atoms with Crippen LogP contribution in [0, 0.1) is 5.92 Å². The van der Waals surface area contributed by atoms with Crippen LogP contribution in [0.1, 0.15) is 35.5 Å². The lowest BCUT2D eigenvalue weighted by molar-refractivity contribution is -0.129. The van der Waals surface area contributed by atoms with Crippen LogP contribution >= 0.6 is 0 Å². The fourth-order valence-electron chi connectivity index (χ4n) is 2.81. The Hall–Kier alpha value is -2.36. The van der Waals surface area contributed by atoms with Crippen molar-refractivity contribution < 1.29 is 14.0 Å². The number of furan rings is 1. The fraction of sp³-hybridized carbons (Fsp3) is 0.294. The predicted octanol–water partition coefficient (Wildman–Crippen LogP) is 3.07. The molecule has 1 amide bonds. The van der Waals surface area contributed by atoms with E-state index in [-0.39, 0.29) is 30.1 Å². The van der Waals surface area contributed by atoms with Crippen molar-refractivity contribution in [2.45, 2.75) is 19.4 Å². The molecule has 2 atom stereocenters. The molecule has 1 aliphatic rings. The summed E-state index contributed by atoms with van der Waals surface area (Å²) in [7, 11) is 0. The summed E-state index contributed by atoms with van der Waals surface area (Å²) in [6.45, 7) is 2.45. The van der Waals surface area contributed by atoms with Gasteiger partial charge in [0, 0.05) is 13.0 Å². The van der Waals surface area contributed by atoms with Gasteiger partial charge in [-0.2, -0.15) is 0 Å². The Morgan fingerprint density at radius 3 is 2.67 bits per heavy atom. The normalized spacial score (nSPS) is 19.8. The van der Waals surface area contributed by atoms with Crippen molar-refractivity contribution in [1.29, 1.82) is 0 Å². The van der Waals surface area contributed by atoms with E-state index >= 15 is 0 Å². The van der Waals surface area contributed by atoms with Gasteiger partial charge in [-0.1, -0.05) is 30.3 Å². The van der Waals surface area contributed by atoms with Crippen LogP contribution in [0.5, 0.6) is 0 Å². The minimum absolute atomic E-state index is 0.0203. The third-order valence-electron chi connectivity index (χ3n) is 4.04. The van der Waals surface area contributed by atoms with Crippen molar-refractivity contribution in [3.05, 3.63) is 60.1 Å². The number of rotatable bonds is 4. The zero-order valence-electron chi connectivity index (χ0n) is 11.9. The second-order valence-electron chi connectivity index (χ2n) is 5.38. The maximum Gasteiger partial charge on any atom is 0.223 e. The van der Waals surface area contributed by atoms with Crippen molar-refractivity contribution in [3.8, 4) is 0 Å². The van der Waals surface area contributed by atoms with Gasteiger partial charge in [-0.3, -0.25) is 9.59 Å². The van der Waals surface area contributed by atoms with Crippen LogP contribution in [-0.2, 0) is 4.79 Å². The lowest BCUT2D eigenvalue weighted by atomic mass is 10.0. The number of hydrogen-bond acceptors (Lipinski definition) is 3. The third-order valence-corrected chi connectivity index (χ3v) is 4.04. The average Bonchev–Trinajstić information content (AvgIpc) is 3.16. The molecular formula is C17H17NO3. The van der Waals surface area contributed by atoms with Crippen LogP contribution in [0.4, 0.5) is 0 Å². The first-order valence-corrected chi connectivity index (χ1v) is 7.09. The summed E-state index contributed by atoms with van der Waals surface area (Å²) < 4.78 is 5.14. The second-order valence-corrected chi connectivity index (χ2v) is 5.38. The topological polar surface area (TPSA) is 50.5 Å². The molecule has 0 radical (unpaired) electrons. The molecule has 4 nitrogen and oxygen atoms in total. The molecule has 0 N–H and O–H groups in total. The van der Waals surface area contributed by atoms with Gasteiger partial charge in [0.25, 0.3) is 0 Å². The van der Waals surface area contributed by atoms with E-state index in [9.17, 15) is 9.59 Å². The maximum absolute atomic E-state index is 12.3. The molecule has 108 valence electrons. The number of Topliss-reactive ketones (excluding diaryl/α,β-unsaturated/α-hetero) is 1. The summed E-state index contributed by atoms with van der Waals surface area (Å²) in [4.78, 5) is 26.3. The Morgan fingerprint density at radius 1 is 1.24 bits per heavy atom. The number of benzene rings is 1. The zero-order chi connectivity index (χ0) is 14.8. The van der Waals surface area contributed by atoms with Crippen LogP contribution in [0.15, 0.2) is 53.1 Å². The van der Waals surface area contributed by atoms with Crippen LogP contribution in [0.3, 0.4) is 0 Å². The van der Waals surface area contributed by atoms with Crippen molar-refractivity contribution in [2.24, 2.45) is 5.92 Å². The SMILES string of the molecule is C[C@H](c1ccccc1)N1CC(C(=O)c2ccco2)CC1=O. The highest BCUT2D eigenvalue weighted by Gasteiger charge is 2.37. The Bertz CT molecular complexity index is 633. The fourth-order valence-corrected chi connectivity index (χ4v) is 2.81. The van der Waals surface area contributed by atoms with Crippen LogP contribution < -0.4 is 0 Å². The third kappa shape index (κ3) is 2.61. The Kier molecular flexibility index (Phi) is 3.60. The monoisotopic (exact) mass is 283 g/mol. The number of carbonyl (C=O) groups is 2. The number of nitrogens with zero attached hydrogens (tertiary/aromatic N) is 1. The molecule has 0 spiro atoms. The first-order valence-electron chi connectivity index (χ1n) is 7.09. The van der Waals surface area contributed by atoms with Crippen molar-refractivity contribution in [1.82, 2.24) is 4.90 Å². The Balaban J connectivity index is 1.75. The van der Waals surface area contributed by atoms with Crippen molar-refractivity contribution >= 4 is 11.7 Å². The van der Waals surface area contributed by atoms with Gasteiger partial charge in [-0.05, 0) is 24.6 Å². The molecule has 0 aliphatic carbocycles. The lowest BCUT2D eigenvalue weighted by Gasteiger charge is -2.25. The highest BCUT2D eigenvalue weighted by Crippen LogP contribution is 2.30. The van der Waals surface area contributed by atoms with Gasteiger partial charge in [0.1, 0.15) is 0 Å². The minimum Gasteiger partial charge on any atom is -0.461 e. The van der Waals surface area contributed by atoms with Gasteiger partial charge in [0.05, 0.1) is 18.2 Å². The van der Waals surface area contributed by atoms with Crippen LogP contribution in [-0.4, -0.2) is 23.1 Å². The van der Waals surface area contributed by atoms with E-state index in [0.717, 1.165) is 5.56 Å². The molecule has 0 saturated carbocycles. The van der Waals surface area contributed by atoms with E-state index < -0.39 is 0 Å². The number of likely N-dealkylation sites (tertiary alicyclic amines) is 1. The molecule has 1 fully saturated rings. The average molecular weight is 283 g/mol. The molecule has 1 saturated heterocycles. The molecule has 2 heterocycles. The molecule has 3 rings (SSSR count). The number of ketones is 1. The van der Waals surface area contributed by atoms with Gasteiger partial charge in [0.2, 0.25) is 11.7 Å². The number of hydrogen-bond donors (Lipinski definition) is 0. The first kappa shape index (κ1) is 13.6. The van der Waals surface area contributed by atoms with Crippen molar-refractivity contribution in [2.75, 3.05) is 6.54 Å². The van der Waals surface area contributed by atoms with E-state index in [0.29, 0.717) is 12.3 Å². The van der Waals surface area contributed by atoms with Gasteiger partial charge in [-0.25, -0.2) is 0 Å². The second kappa shape index (κ2) is 5.56. The highest BCUT2D eigenvalue weighted by molar-refractivity contribution is 5.99. The molecular weight excluding hydrogens is 266 g/mol. The largest absolute Gasteiger partial charge is 0.461 e. The summed E-state index contributed by atoms with van der Waals surface area (Å²) in [5.41, 5.74) is 1.08. The number of amides is 1. The smallest absolute Gasteiger partial charge is 0.223 e. The van der Waals surface area contributed by atoms with Gasteiger partial charge >= 0.3 is 0 Å². The lowest BCUT2D eigenvalue weighted by Crippen LogP contribution is -2.29. The van der Waals surface area contributed by atoms with Crippen LogP contribution in [0.25, 0.3) is 0 Å². The highest BCUT2D eigenvalue weighted by atomic mass is 16.3. The van der Waals surface area contributed by atoms with Crippen molar-refractivity contribution in [3.63, 3.8) is 0 Å². The first-order chi connectivity index (χ1) is 10.2. The molecule has 1 aromatic heterocycles. The predicted molar refractivity (Wildman–Crippen MR) is 77.7 cm³/mol. The Labute approximate surface area is 123 Å². The van der Waals surface area contributed by atoms with E-state index in [1.807, 2.05) is 37.3 Å². The molecule has 1 unspecified atom stereocenters. The molecule has 0 bridgehead atoms. The molecule has 2 aromatic rings. The Morgan fingerprint density at radius 2 is 2.00 bits per heavy atom. The number of carbonyl (C=O) groups excluding carboxylic acids is 2. The summed E-state index contributed by atoms with van der Waals surface area (Å²) in [5.74, 6) is -0.0378. The van der Waals surface area contributed by atoms with Crippen LogP contribution in [0.2, 0.25) is 0 Å². The van der Waals surface area contributed by atoms with E-state index in [1.54, 1.807) is 17.0 Å². The zero-order valence-corrected chi connectivity index (χ0v) is 11.9. The molecule has 1 aromatic carbocycles. The summed E-state index contributed by atoms with van der Waals surface area (Å²) in [6, 6.07) is 13.2. The summed E-state index contributed by atoms with van der Waals surface area (Å²) in [5, 5.41) is 0. The summed E-state index contributed by atoms with van der Waals surface area (Å²) >= 11 is 0. The molecule has 1 aliphatic heterocycles. The minimum atomic E-state index is -0.310.